The van der Waals surface area contributed by atoms with Crippen molar-refractivity contribution in [1.29, 1.82) is 5.26 Å². The van der Waals surface area contributed by atoms with Crippen LogP contribution in [0.1, 0.15) is 43.7 Å². The minimum absolute atomic E-state index is 0.138. The number of hydrogen-bond acceptors (Lipinski definition) is 3. The first-order valence-electron chi connectivity index (χ1n) is 7.49. The molecule has 0 aromatic heterocycles. The number of nitrogens with one attached hydrogen (secondary N) is 1. The van der Waals surface area contributed by atoms with E-state index in [9.17, 15) is 5.26 Å². The van der Waals surface area contributed by atoms with E-state index >= 15 is 0 Å². The molecule has 0 radical (unpaired) electrons. The van der Waals surface area contributed by atoms with Gasteiger partial charge in [0, 0.05) is 6.42 Å². The van der Waals surface area contributed by atoms with E-state index < -0.39 is 5.54 Å². The summed E-state index contributed by atoms with van der Waals surface area (Å²) < 4.78 is 6.13. The predicted molar refractivity (Wildman–Crippen MR) is 80.8 cm³/mol. The lowest BCUT2D eigenvalue weighted by atomic mass is 9.99. The highest BCUT2D eigenvalue weighted by molar-refractivity contribution is 5.36. The van der Waals surface area contributed by atoms with Crippen molar-refractivity contribution >= 4 is 0 Å². The molecule has 1 aromatic carbocycles. The van der Waals surface area contributed by atoms with Gasteiger partial charge in [-0.15, -0.1) is 0 Å². The van der Waals surface area contributed by atoms with Gasteiger partial charge in [-0.2, -0.15) is 5.26 Å². The topological polar surface area (TPSA) is 45.0 Å². The summed E-state index contributed by atoms with van der Waals surface area (Å²) in [6.07, 6.45) is 3.78. The van der Waals surface area contributed by atoms with E-state index in [2.05, 4.69) is 50.4 Å². The minimum atomic E-state index is -0.390. The Morgan fingerprint density at radius 1 is 1.45 bits per heavy atom. The lowest BCUT2D eigenvalue weighted by molar-refractivity contribution is 0.199. The maximum Gasteiger partial charge on any atom is 0.122 e. The Hall–Kier alpha value is -1.53. The van der Waals surface area contributed by atoms with Crippen molar-refractivity contribution in [2.24, 2.45) is 0 Å². The third-order valence-electron chi connectivity index (χ3n) is 4.03. The third kappa shape index (κ3) is 3.32. The second-order valence-corrected chi connectivity index (χ2v) is 5.87. The molecular weight excluding hydrogens is 248 g/mol. The quantitative estimate of drug-likeness (QED) is 0.892. The Kier molecular flexibility index (Phi) is 4.67. The van der Waals surface area contributed by atoms with Crippen molar-refractivity contribution in [1.82, 2.24) is 5.32 Å². The summed E-state index contributed by atoms with van der Waals surface area (Å²) in [5.41, 5.74) is 1.98. The number of hydrogen-bond donors (Lipinski definition) is 1. The van der Waals surface area contributed by atoms with Crippen LogP contribution in [0.4, 0.5) is 0 Å². The zero-order valence-electron chi connectivity index (χ0n) is 12.7. The molecule has 2 atom stereocenters. The number of rotatable bonds is 5. The summed E-state index contributed by atoms with van der Waals surface area (Å²) in [7, 11) is 0. The fourth-order valence-corrected chi connectivity index (χ4v) is 2.78. The second-order valence-electron chi connectivity index (χ2n) is 5.87. The fourth-order valence-electron chi connectivity index (χ4n) is 2.78. The van der Waals surface area contributed by atoms with E-state index in [1.807, 2.05) is 0 Å². The van der Waals surface area contributed by atoms with Crippen molar-refractivity contribution in [2.75, 3.05) is 6.54 Å². The molecule has 0 spiro atoms. The van der Waals surface area contributed by atoms with E-state index in [0.29, 0.717) is 0 Å². The number of aryl methyl sites for hydroxylation is 2. The summed E-state index contributed by atoms with van der Waals surface area (Å²) in [5.74, 6) is 0.958. The number of ether oxygens (including phenoxy) is 1. The molecule has 1 aromatic rings. The van der Waals surface area contributed by atoms with Crippen molar-refractivity contribution < 1.29 is 4.74 Å². The molecule has 108 valence electrons. The minimum Gasteiger partial charge on any atom is -0.490 e. The highest BCUT2D eigenvalue weighted by Crippen LogP contribution is 2.33. The number of nitrogens with zero attached hydrogens (tertiary/aromatic N) is 1. The van der Waals surface area contributed by atoms with Gasteiger partial charge in [-0.3, -0.25) is 5.32 Å². The molecule has 3 nitrogen and oxygen atoms in total. The number of nitriles is 1. The van der Waals surface area contributed by atoms with Crippen LogP contribution < -0.4 is 10.1 Å². The van der Waals surface area contributed by atoms with E-state index in [0.717, 1.165) is 43.5 Å². The average molecular weight is 272 g/mol. The molecule has 0 aliphatic heterocycles. The highest BCUT2D eigenvalue weighted by Gasteiger charge is 2.40. The molecule has 2 rings (SSSR count). The lowest BCUT2D eigenvalue weighted by Crippen LogP contribution is -2.42. The molecule has 3 heteroatoms. The Balaban J connectivity index is 2.02. The third-order valence-corrected chi connectivity index (χ3v) is 4.03. The molecule has 2 unspecified atom stereocenters. The van der Waals surface area contributed by atoms with Gasteiger partial charge in [0.05, 0.1) is 6.07 Å². The second kappa shape index (κ2) is 6.28. The van der Waals surface area contributed by atoms with E-state index in [-0.39, 0.29) is 6.10 Å². The van der Waals surface area contributed by atoms with Crippen molar-refractivity contribution in [3.63, 3.8) is 0 Å². The van der Waals surface area contributed by atoms with Crippen molar-refractivity contribution in [3.8, 4) is 11.8 Å². The average Bonchev–Trinajstić information content (AvgIpc) is 2.85. The van der Waals surface area contributed by atoms with E-state index in [1.54, 1.807) is 0 Å². The Morgan fingerprint density at radius 3 is 2.95 bits per heavy atom. The zero-order valence-corrected chi connectivity index (χ0v) is 12.7. The Morgan fingerprint density at radius 2 is 2.25 bits per heavy atom. The van der Waals surface area contributed by atoms with Crippen LogP contribution in [0, 0.1) is 25.2 Å². The lowest BCUT2D eigenvalue weighted by Gasteiger charge is -2.23. The molecule has 0 amide bonds. The largest absolute Gasteiger partial charge is 0.490 e. The zero-order chi connectivity index (χ0) is 14.6. The van der Waals surface area contributed by atoms with Crippen LogP contribution in [0.2, 0.25) is 0 Å². The summed E-state index contributed by atoms with van der Waals surface area (Å²) in [6.45, 7) is 7.15. The molecule has 1 N–H and O–H groups in total. The van der Waals surface area contributed by atoms with Crippen LogP contribution in [0.15, 0.2) is 18.2 Å². The summed E-state index contributed by atoms with van der Waals surface area (Å²) in [6, 6.07) is 8.73. The van der Waals surface area contributed by atoms with Crippen LogP contribution in [0.25, 0.3) is 0 Å². The maximum atomic E-state index is 9.46. The van der Waals surface area contributed by atoms with Gasteiger partial charge in [-0.05, 0) is 56.8 Å². The van der Waals surface area contributed by atoms with Gasteiger partial charge >= 0.3 is 0 Å². The Labute approximate surface area is 121 Å². The first kappa shape index (κ1) is 14.9. The first-order chi connectivity index (χ1) is 9.58. The molecule has 1 aliphatic carbocycles. The van der Waals surface area contributed by atoms with E-state index in [4.69, 9.17) is 4.74 Å². The number of benzene rings is 1. The van der Waals surface area contributed by atoms with Crippen LogP contribution >= 0.6 is 0 Å². The van der Waals surface area contributed by atoms with Gasteiger partial charge in [0.2, 0.25) is 0 Å². The molecule has 0 heterocycles. The monoisotopic (exact) mass is 272 g/mol. The van der Waals surface area contributed by atoms with Crippen LogP contribution in [0.5, 0.6) is 5.75 Å². The van der Waals surface area contributed by atoms with E-state index in [1.165, 1.54) is 5.56 Å². The molecule has 20 heavy (non-hydrogen) atoms. The SMILES string of the molecule is CCCNC1(C#N)CCC(Oc2cc(C)ccc2C)C1. The van der Waals surface area contributed by atoms with Crippen molar-refractivity contribution in [3.05, 3.63) is 29.3 Å². The Bertz CT molecular complexity index is 506. The standard InChI is InChI=1S/C17H24N2O/c1-4-9-19-17(12-18)8-7-15(11-17)20-16-10-13(2)5-6-14(16)3/h5-6,10,15,19H,4,7-9,11H2,1-3H3. The fraction of sp³-hybridized carbons (Fsp3) is 0.588. The summed E-state index contributed by atoms with van der Waals surface area (Å²) in [5, 5.41) is 12.9. The molecule has 1 aliphatic rings. The van der Waals surface area contributed by atoms with Crippen LogP contribution in [-0.2, 0) is 0 Å². The van der Waals surface area contributed by atoms with Gasteiger partial charge in [-0.25, -0.2) is 0 Å². The van der Waals surface area contributed by atoms with Crippen molar-refractivity contribution in [2.45, 2.75) is 58.1 Å². The molecule has 0 saturated heterocycles. The summed E-state index contributed by atoms with van der Waals surface area (Å²) >= 11 is 0. The van der Waals surface area contributed by atoms with Crippen LogP contribution in [-0.4, -0.2) is 18.2 Å². The van der Waals surface area contributed by atoms with Gasteiger partial charge in [0.15, 0.2) is 0 Å². The van der Waals surface area contributed by atoms with Gasteiger partial charge in [-0.1, -0.05) is 19.1 Å². The first-order valence-corrected chi connectivity index (χ1v) is 7.49. The maximum absolute atomic E-state index is 9.46. The normalized spacial score (nSPS) is 25.4. The molecule has 1 fully saturated rings. The predicted octanol–water partition coefficient (Wildman–Crippen LogP) is 3.50. The molecule has 0 bridgehead atoms. The van der Waals surface area contributed by atoms with Crippen LogP contribution in [0.3, 0.4) is 0 Å². The van der Waals surface area contributed by atoms with Gasteiger partial charge in [0.1, 0.15) is 17.4 Å². The van der Waals surface area contributed by atoms with Gasteiger partial charge in [0.25, 0.3) is 0 Å². The molecular formula is C17H24N2O. The smallest absolute Gasteiger partial charge is 0.122 e. The summed E-state index contributed by atoms with van der Waals surface area (Å²) in [4.78, 5) is 0. The van der Waals surface area contributed by atoms with Gasteiger partial charge < -0.3 is 4.74 Å². The highest BCUT2D eigenvalue weighted by atomic mass is 16.5. The molecule has 1 saturated carbocycles.